The molecule has 0 radical (unpaired) electrons. The number of aromatic nitrogens is 6. The Balaban J connectivity index is 0.000000212. The van der Waals surface area contributed by atoms with E-state index in [-0.39, 0.29) is 53.7 Å². The lowest BCUT2D eigenvalue weighted by Gasteiger charge is -2.12. The Morgan fingerprint density at radius 3 is 1.62 bits per heavy atom. The van der Waals surface area contributed by atoms with Crippen molar-refractivity contribution in [3.05, 3.63) is 77.9 Å². The van der Waals surface area contributed by atoms with E-state index in [9.17, 15) is 14.4 Å². The number of ether oxygens (including phenoxy) is 2. The Bertz CT molecular complexity index is 2450. The second kappa shape index (κ2) is 21.7. The van der Waals surface area contributed by atoms with Crippen LogP contribution in [0.25, 0.3) is 33.3 Å². The van der Waals surface area contributed by atoms with Crippen molar-refractivity contribution in [2.75, 3.05) is 21.7 Å². The van der Waals surface area contributed by atoms with E-state index in [0.29, 0.717) is 50.1 Å². The highest BCUT2D eigenvalue weighted by Crippen LogP contribution is 2.28. The number of nitrogen functional groups attached to an aromatic ring is 1. The molecular formula is C42H50BClN10O7. The lowest BCUT2D eigenvalue weighted by molar-refractivity contribution is -0.119. The van der Waals surface area contributed by atoms with Crippen LogP contribution in [0.4, 0.5) is 23.3 Å². The summed E-state index contributed by atoms with van der Waals surface area (Å²) in [5.41, 5.74) is 11.4. The summed E-state index contributed by atoms with van der Waals surface area (Å²) in [7, 11) is -1.47. The van der Waals surface area contributed by atoms with E-state index in [1.54, 1.807) is 50.2 Å². The zero-order chi connectivity index (χ0) is 45.0. The van der Waals surface area contributed by atoms with Gasteiger partial charge in [0.2, 0.25) is 41.4 Å². The summed E-state index contributed by atoms with van der Waals surface area (Å²) in [4.78, 5) is 59.7. The molecule has 0 spiro atoms. The average molecular weight is 853 g/mol. The fraction of sp³-hybridized carbons (Fsp3) is 0.310. The quantitative estimate of drug-likeness (QED) is 0.0643. The first-order valence-corrected chi connectivity index (χ1v) is 19.7. The number of hydrogen-bond acceptors (Lipinski definition) is 14. The molecule has 0 aliphatic rings. The first kappa shape index (κ1) is 47.2. The third kappa shape index (κ3) is 14.3. The van der Waals surface area contributed by atoms with E-state index in [1.165, 1.54) is 6.92 Å². The maximum absolute atomic E-state index is 11.8. The highest BCUT2D eigenvalue weighted by Gasteiger charge is 2.16. The van der Waals surface area contributed by atoms with Crippen LogP contribution in [0.5, 0.6) is 11.8 Å². The van der Waals surface area contributed by atoms with Crippen LogP contribution in [0, 0.1) is 11.8 Å². The standard InChI is InChI=1S/C20H23N5O2.C12H13ClN4O2.C10H14BNO3/c1-11(2)18(26)22-14-7-5-13(6-8-14)15-9-10-16-17(23-15)19(27-12(3)4)25-20(21)24-16;1-6(2)19-11-10-8(4-5-9(13)16-10)15-12(17-11)14-7(3)18;1-7(2)10(13)12-9-5-3-8(4-6-9)11(14)15/h5-12H,1-4H3,(H,22,26)(H2,21,24,25);4-6H,1-3H3,(H,14,15,17,18);3-7,14-15H,1-2H3,(H,12,13). The van der Waals surface area contributed by atoms with Crippen molar-refractivity contribution < 1.29 is 33.9 Å². The molecule has 61 heavy (non-hydrogen) atoms. The fourth-order valence-electron chi connectivity index (χ4n) is 4.99. The van der Waals surface area contributed by atoms with Crippen LogP contribution in [0.2, 0.25) is 5.15 Å². The molecule has 3 amide bonds. The third-order valence-electron chi connectivity index (χ3n) is 7.96. The van der Waals surface area contributed by atoms with Gasteiger partial charge in [-0.3, -0.25) is 19.7 Å². The summed E-state index contributed by atoms with van der Waals surface area (Å²) in [5, 5.41) is 26.1. The van der Waals surface area contributed by atoms with Crippen LogP contribution in [-0.4, -0.2) is 77.0 Å². The Morgan fingerprint density at radius 1 is 0.623 bits per heavy atom. The average Bonchev–Trinajstić information content (AvgIpc) is 3.18. The van der Waals surface area contributed by atoms with Gasteiger partial charge < -0.3 is 35.9 Å². The van der Waals surface area contributed by atoms with Gasteiger partial charge in [-0.1, -0.05) is 63.6 Å². The van der Waals surface area contributed by atoms with Gasteiger partial charge in [-0.2, -0.15) is 9.97 Å². The van der Waals surface area contributed by atoms with Gasteiger partial charge in [-0.25, -0.2) is 19.9 Å². The lowest BCUT2D eigenvalue weighted by atomic mass is 9.80. The van der Waals surface area contributed by atoms with Crippen molar-refractivity contribution in [3.8, 4) is 23.0 Å². The molecule has 320 valence electrons. The number of rotatable bonds is 11. The molecule has 0 atom stereocenters. The van der Waals surface area contributed by atoms with Crippen molar-refractivity contribution in [3.63, 3.8) is 0 Å². The molecule has 0 aliphatic carbocycles. The molecule has 0 saturated heterocycles. The fourth-order valence-corrected chi connectivity index (χ4v) is 5.14. The van der Waals surface area contributed by atoms with Gasteiger partial charge in [-0.05, 0) is 81.7 Å². The maximum atomic E-state index is 11.8. The Hall–Kier alpha value is -6.50. The van der Waals surface area contributed by atoms with Crippen molar-refractivity contribution in [2.45, 2.75) is 74.5 Å². The minimum atomic E-state index is -1.47. The van der Waals surface area contributed by atoms with Gasteiger partial charge in [0.15, 0.2) is 11.0 Å². The Labute approximate surface area is 359 Å². The highest BCUT2D eigenvalue weighted by atomic mass is 35.5. The normalized spacial score (nSPS) is 10.8. The van der Waals surface area contributed by atoms with Crippen molar-refractivity contribution in [2.24, 2.45) is 11.8 Å². The molecule has 17 nitrogen and oxygen atoms in total. The van der Waals surface area contributed by atoms with Gasteiger partial charge in [-0.15, -0.1) is 0 Å². The maximum Gasteiger partial charge on any atom is 0.488 e. The molecule has 7 N–H and O–H groups in total. The number of nitrogens with two attached hydrogens (primary N) is 1. The highest BCUT2D eigenvalue weighted by molar-refractivity contribution is 6.58. The van der Waals surface area contributed by atoms with E-state index >= 15 is 0 Å². The minimum absolute atomic E-state index is 0.0169. The van der Waals surface area contributed by atoms with Gasteiger partial charge in [0.05, 0.1) is 28.9 Å². The van der Waals surface area contributed by atoms with Gasteiger partial charge in [0.25, 0.3) is 0 Å². The van der Waals surface area contributed by atoms with Gasteiger partial charge in [0, 0.05) is 35.7 Å². The van der Waals surface area contributed by atoms with Crippen molar-refractivity contribution >= 4 is 87.2 Å². The molecule has 6 aromatic rings. The minimum Gasteiger partial charge on any atom is -0.473 e. The number of hydrogen-bond donors (Lipinski definition) is 6. The van der Waals surface area contributed by atoms with Gasteiger partial charge >= 0.3 is 7.12 Å². The number of fused-ring (bicyclic) bond motifs is 2. The smallest absolute Gasteiger partial charge is 0.473 e. The van der Waals surface area contributed by atoms with Crippen LogP contribution >= 0.6 is 11.6 Å². The van der Waals surface area contributed by atoms with Crippen LogP contribution in [0.3, 0.4) is 0 Å². The number of carbonyl (C=O) groups is 3. The third-order valence-corrected chi connectivity index (χ3v) is 8.17. The van der Waals surface area contributed by atoms with Crippen LogP contribution in [0.15, 0.2) is 72.8 Å². The van der Waals surface area contributed by atoms with Crippen LogP contribution in [0.1, 0.15) is 62.3 Å². The molecule has 4 heterocycles. The van der Waals surface area contributed by atoms with Gasteiger partial charge in [0.1, 0.15) is 5.15 Å². The monoisotopic (exact) mass is 852 g/mol. The van der Waals surface area contributed by atoms with E-state index in [1.807, 2.05) is 77.9 Å². The predicted molar refractivity (Wildman–Crippen MR) is 239 cm³/mol. The summed E-state index contributed by atoms with van der Waals surface area (Å²) in [6.45, 7) is 16.3. The zero-order valence-electron chi connectivity index (χ0n) is 35.4. The Morgan fingerprint density at radius 2 is 1.11 bits per heavy atom. The second-order valence-electron chi connectivity index (χ2n) is 14.7. The van der Waals surface area contributed by atoms with E-state index in [4.69, 9.17) is 36.9 Å². The van der Waals surface area contributed by atoms with Crippen molar-refractivity contribution in [1.29, 1.82) is 0 Å². The molecule has 0 aliphatic heterocycles. The molecule has 2 aromatic carbocycles. The molecular weight excluding hydrogens is 803 g/mol. The first-order valence-electron chi connectivity index (χ1n) is 19.4. The number of pyridine rings is 2. The predicted octanol–water partition coefficient (Wildman–Crippen LogP) is 6.04. The number of carbonyl (C=O) groups excluding carboxylic acids is 3. The lowest BCUT2D eigenvalue weighted by Crippen LogP contribution is -2.29. The first-order chi connectivity index (χ1) is 28.8. The molecule has 0 bridgehead atoms. The topological polar surface area (TPSA) is 250 Å². The van der Waals surface area contributed by atoms with Crippen LogP contribution in [-0.2, 0) is 14.4 Å². The number of halogens is 1. The number of benzene rings is 2. The molecule has 0 fully saturated rings. The number of nitrogens with one attached hydrogen (secondary N) is 3. The number of anilines is 4. The SMILES string of the molecule is CC(=O)Nc1nc(OC(C)C)c2nc(Cl)ccc2n1.CC(C)C(=O)Nc1ccc(B(O)O)cc1.CC(C)Oc1nc(N)nc2ccc(-c3ccc(NC(=O)C(C)C)cc3)nc12. The number of nitrogens with zero attached hydrogens (tertiary/aromatic N) is 6. The molecule has 0 unspecified atom stereocenters. The summed E-state index contributed by atoms with van der Waals surface area (Å²) in [6.07, 6.45) is -0.138. The summed E-state index contributed by atoms with van der Waals surface area (Å²) in [5.74, 6) is 0.520. The summed E-state index contributed by atoms with van der Waals surface area (Å²) in [6, 6.07) is 20.9. The van der Waals surface area contributed by atoms with Crippen molar-refractivity contribution in [1.82, 2.24) is 29.9 Å². The number of amides is 3. The molecule has 19 heteroatoms. The molecule has 0 saturated carbocycles. The van der Waals surface area contributed by atoms with E-state index in [0.717, 1.165) is 16.9 Å². The Kier molecular flexibility index (Phi) is 16.8. The van der Waals surface area contributed by atoms with Crippen LogP contribution < -0.4 is 36.6 Å². The zero-order valence-corrected chi connectivity index (χ0v) is 36.1. The molecule has 4 aromatic heterocycles. The second-order valence-corrected chi connectivity index (χ2v) is 15.1. The summed E-state index contributed by atoms with van der Waals surface area (Å²) >= 11 is 5.86. The van der Waals surface area contributed by atoms with E-state index < -0.39 is 7.12 Å². The largest absolute Gasteiger partial charge is 0.488 e. The van der Waals surface area contributed by atoms with E-state index in [2.05, 4.69) is 45.9 Å². The molecule has 6 rings (SSSR count). The summed E-state index contributed by atoms with van der Waals surface area (Å²) < 4.78 is 11.3.